The summed E-state index contributed by atoms with van der Waals surface area (Å²) in [6.07, 6.45) is 0.753. The van der Waals surface area contributed by atoms with Crippen LogP contribution in [0.5, 0.6) is 0 Å². The summed E-state index contributed by atoms with van der Waals surface area (Å²) >= 11 is 6.06. The van der Waals surface area contributed by atoms with Gasteiger partial charge in [-0.3, -0.25) is 4.79 Å². The van der Waals surface area contributed by atoms with Crippen molar-refractivity contribution in [1.29, 1.82) is 0 Å². The van der Waals surface area contributed by atoms with Gasteiger partial charge in [-0.05, 0) is 60.5 Å². The molecule has 1 atom stereocenters. The number of aryl methyl sites for hydroxylation is 1. The molecule has 0 amide bonds. The van der Waals surface area contributed by atoms with E-state index in [1.165, 1.54) is 0 Å². The molecule has 9 heteroatoms. The number of aromatic nitrogens is 5. The number of hydrogen-bond acceptors (Lipinski definition) is 5. The second kappa shape index (κ2) is 9.24. The number of nitrogens with one attached hydrogen (secondary N) is 4. The molecule has 6 aromatic rings. The Morgan fingerprint density at radius 1 is 0.973 bits per heavy atom. The van der Waals surface area contributed by atoms with Gasteiger partial charge in [-0.25, -0.2) is 9.97 Å². The van der Waals surface area contributed by atoms with Crippen LogP contribution >= 0.6 is 11.6 Å². The van der Waals surface area contributed by atoms with Crippen molar-refractivity contribution in [2.24, 2.45) is 0 Å². The number of aliphatic hydroxyl groups is 1. The largest absolute Gasteiger partial charge is 0.387 e. The van der Waals surface area contributed by atoms with Crippen molar-refractivity contribution in [3.05, 3.63) is 99.4 Å². The molecule has 6 rings (SSSR count). The van der Waals surface area contributed by atoms with Crippen LogP contribution in [0.3, 0.4) is 0 Å². The minimum Gasteiger partial charge on any atom is -0.387 e. The van der Waals surface area contributed by atoms with E-state index in [2.05, 4.69) is 20.3 Å². The number of nitrogens with zero attached hydrogens (tertiary/aromatic N) is 2. The summed E-state index contributed by atoms with van der Waals surface area (Å²) < 4.78 is 0. The van der Waals surface area contributed by atoms with Crippen LogP contribution < -0.4 is 10.9 Å². The summed E-state index contributed by atoms with van der Waals surface area (Å²) in [5, 5.41) is 14.4. The topological polar surface area (TPSA) is 122 Å². The maximum Gasteiger partial charge on any atom is 0.261 e. The number of aliphatic hydroxyl groups excluding tert-OH is 1. The van der Waals surface area contributed by atoms with E-state index in [0.717, 1.165) is 39.0 Å². The highest BCUT2D eigenvalue weighted by atomic mass is 35.5. The minimum atomic E-state index is -0.810. The highest BCUT2D eigenvalue weighted by molar-refractivity contribution is 6.30. The van der Waals surface area contributed by atoms with Crippen molar-refractivity contribution in [1.82, 2.24) is 24.9 Å². The van der Waals surface area contributed by atoms with E-state index in [1.54, 1.807) is 36.5 Å². The molecule has 5 N–H and O–H groups in total. The van der Waals surface area contributed by atoms with Crippen LogP contribution in [-0.2, 0) is 0 Å². The Bertz CT molecular complexity index is 1790. The predicted octanol–water partition coefficient (Wildman–Crippen LogP) is 5.57. The van der Waals surface area contributed by atoms with Gasteiger partial charge in [0.2, 0.25) is 0 Å². The number of imidazole rings is 2. The predicted molar refractivity (Wildman–Crippen MR) is 147 cm³/mol. The van der Waals surface area contributed by atoms with E-state index in [9.17, 15) is 9.90 Å². The monoisotopic (exact) mass is 510 g/mol. The molecule has 0 spiro atoms. The molecule has 0 aliphatic carbocycles. The SMILES string of the molecule is Cc1cc(-c2nc3ccccc3[nH]2)cc2[nH]c(-c3c(NCC(O)c4cccc(Cl)c4)cc[nH]c3=O)nc12. The molecule has 0 radical (unpaired) electrons. The Morgan fingerprint density at radius 3 is 2.65 bits per heavy atom. The zero-order valence-corrected chi connectivity index (χ0v) is 20.6. The number of benzene rings is 3. The normalized spacial score (nSPS) is 12.3. The third-order valence-electron chi connectivity index (χ3n) is 6.36. The van der Waals surface area contributed by atoms with Gasteiger partial charge in [0.15, 0.2) is 0 Å². The molecular formula is C28H23ClN6O2. The van der Waals surface area contributed by atoms with Gasteiger partial charge >= 0.3 is 0 Å². The van der Waals surface area contributed by atoms with Crippen molar-refractivity contribution in [3.63, 3.8) is 0 Å². The summed E-state index contributed by atoms with van der Waals surface area (Å²) in [5.41, 5.74) is 6.59. The van der Waals surface area contributed by atoms with Crippen molar-refractivity contribution in [2.75, 3.05) is 11.9 Å². The maximum absolute atomic E-state index is 12.9. The molecule has 3 aromatic carbocycles. The van der Waals surface area contributed by atoms with Crippen LogP contribution in [0.1, 0.15) is 17.2 Å². The van der Waals surface area contributed by atoms with Crippen LogP contribution in [0.2, 0.25) is 5.02 Å². The molecule has 0 saturated heterocycles. The summed E-state index contributed by atoms with van der Waals surface area (Å²) in [6.45, 7) is 2.17. The molecule has 0 aliphatic rings. The lowest BCUT2D eigenvalue weighted by molar-refractivity contribution is 0.191. The van der Waals surface area contributed by atoms with E-state index in [-0.39, 0.29) is 12.1 Å². The average molecular weight is 511 g/mol. The van der Waals surface area contributed by atoms with Gasteiger partial charge in [0, 0.05) is 23.3 Å². The number of halogens is 1. The van der Waals surface area contributed by atoms with Crippen molar-refractivity contribution in [2.45, 2.75) is 13.0 Å². The highest BCUT2D eigenvalue weighted by Gasteiger charge is 2.18. The minimum absolute atomic E-state index is 0.187. The fourth-order valence-corrected chi connectivity index (χ4v) is 4.73. The smallest absolute Gasteiger partial charge is 0.261 e. The molecule has 1 unspecified atom stereocenters. The molecule has 37 heavy (non-hydrogen) atoms. The van der Waals surface area contributed by atoms with Gasteiger partial charge in [0.25, 0.3) is 5.56 Å². The first-order chi connectivity index (χ1) is 18.0. The second-order valence-corrected chi connectivity index (χ2v) is 9.36. The number of fused-ring (bicyclic) bond motifs is 2. The molecular weight excluding hydrogens is 488 g/mol. The fourth-order valence-electron chi connectivity index (χ4n) is 4.53. The summed E-state index contributed by atoms with van der Waals surface area (Å²) in [4.78, 5) is 31.8. The van der Waals surface area contributed by atoms with Gasteiger partial charge < -0.3 is 25.4 Å². The zero-order chi connectivity index (χ0) is 25.5. The lowest BCUT2D eigenvalue weighted by Gasteiger charge is -2.15. The Kier molecular flexibility index (Phi) is 5.75. The summed E-state index contributed by atoms with van der Waals surface area (Å²) in [6, 6.07) is 20.7. The first kappa shape index (κ1) is 23.0. The Morgan fingerprint density at radius 2 is 1.81 bits per heavy atom. The third kappa shape index (κ3) is 4.37. The molecule has 3 aromatic heterocycles. The van der Waals surface area contributed by atoms with Crippen LogP contribution in [0, 0.1) is 6.92 Å². The Labute approximate surface area is 216 Å². The standard InChI is InChI=1S/C28H23ClN6O2/c1-15-11-17(26-32-19-7-2-3-8-20(19)33-26)13-22-25(15)35-27(34-22)24-21(9-10-30-28(24)37)31-14-23(36)16-5-4-6-18(29)12-16/h2-13,23,36H,14H2,1H3,(H,32,33)(H,34,35)(H2,30,31,37). The van der Waals surface area contributed by atoms with Crippen LogP contribution in [-0.4, -0.2) is 36.6 Å². The van der Waals surface area contributed by atoms with Crippen LogP contribution in [0.25, 0.3) is 44.8 Å². The van der Waals surface area contributed by atoms with Crippen LogP contribution in [0.15, 0.2) is 77.7 Å². The molecule has 0 fully saturated rings. The molecule has 0 bridgehead atoms. The second-order valence-electron chi connectivity index (χ2n) is 8.92. The molecule has 0 aliphatic heterocycles. The van der Waals surface area contributed by atoms with E-state index in [1.807, 2.05) is 43.3 Å². The van der Waals surface area contributed by atoms with E-state index in [4.69, 9.17) is 21.6 Å². The molecule has 3 heterocycles. The van der Waals surface area contributed by atoms with Crippen molar-refractivity contribution in [3.8, 4) is 22.8 Å². The average Bonchev–Trinajstić information content (AvgIpc) is 3.52. The zero-order valence-electron chi connectivity index (χ0n) is 19.8. The highest BCUT2D eigenvalue weighted by Crippen LogP contribution is 2.30. The Hall–Kier alpha value is -4.40. The molecule has 0 saturated carbocycles. The lowest BCUT2D eigenvalue weighted by atomic mass is 10.1. The molecule has 184 valence electrons. The maximum atomic E-state index is 12.9. The first-order valence-electron chi connectivity index (χ1n) is 11.8. The summed E-state index contributed by atoms with van der Waals surface area (Å²) in [7, 11) is 0. The van der Waals surface area contributed by atoms with E-state index >= 15 is 0 Å². The number of anilines is 1. The number of para-hydroxylation sites is 2. The van der Waals surface area contributed by atoms with Gasteiger partial charge in [-0.15, -0.1) is 0 Å². The van der Waals surface area contributed by atoms with E-state index < -0.39 is 6.10 Å². The third-order valence-corrected chi connectivity index (χ3v) is 6.59. The van der Waals surface area contributed by atoms with E-state index in [0.29, 0.717) is 27.7 Å². The number of rotatable bonds is 6. The number of pyridine rings is 1. The van der Waals surface area contributed by atoms with Gasteiger partial charge in [-0.2, -0.15) is 0 Å². The molecule has 8 nitrogen and oxygen atoms in total. The lowest BCUT2D eigenvalue weighted by Crippen LogP contribution is -2.17. The number of H-pyrrole nitrogens is 3. The summed E-state index contributed by atoms with van der Waals surface area (Å²) in [5.74, 6) is 1.19. The van der Waals surface area contributed by atoms with Crippen molar-refractivity contribution < 1.29 is 5.11 Å². The number of aromatic amines is 3. The Balaban J connectivity index is 1.35. The van der Waals surface area contributed by atoms with Gasteiger partial charge in [0.05, 0.1) is 33.9 Å². The number of hydrogen-bond donors (Lipinski definition) is 5. The van der Waals surface area contributed by atoms with Gasteiger partial charge in [-0.1, -0.05) is 35.9 Å². The first-order valence-corrected chi connectivity index (χ1v) is 12.2. The van der Waals surface area contributed by atoms with Crippen LogP contribution in [0.4, 0.5) is 5.69 Å². The van der Waals surface area contributed by atoms with Gasteiger partial charge in [0.1, 0.15) is 17.2 Å². The fraction of sp³-hybridized carbons (Fsp3) is 0.107. The quantitative estimate of drug-likeness (QED) is 0.200. The van der Waals surface area contributed by atoms with Crippen molar-refractivity contribution >= 4 is 39.4 Å².